The molecule has 1 heterocycles. The van der Waals surface area contributed by atoms with E-state index in [1.165, 1.54) is 5.56 Å². The zero-order chi connectivity index (χ0) is 23.5. The third-order valence-electron chi connectivity index (χ3n) is 5.79. The first kappa shape index (κ1) is 21.9. The van der Waals surface area contributed by atoms with Gasteiger partial charge in [-0.3, -0.25) is 9.69 Å². The average Bonchev–Trinajstić information content (AvgIpc) is 3.31. The maximum atomic E-state index is 13.8. The van der Waals surface area contributed by atoms with Crippen LogP contribution in [0.2, 0.25) is 0 Å². The van der Waals surface area contributed by atoms with Crippen molar-refractivity contribution in [2.75, 3.05) is 4.90 Å². The van der Waals surface area contributed by atoms with E-state index in [-0.39, 0.29) is 5.91 Å². The van der Waals surface area contributed by atoms with Gasteiger partial charge in [0, 0.05) is 5.56 Å². The molecule has 168 valence electrons. The van der Waals surface area contributed by atoms with Crippen LogP contribution in [0.5, 0.6) is 11.5 Å². The number of carbonyl (C=O) groups excluding carboxylic acids is 1. The molecule has 0 spiro atoms. The van der Waals surface area contributed by atoms with Gasteiger partial charge in [-0.05, 0) is 66.9 Å². The number of ether oxygens (including phenoxy) is 1. The Balaban J connectivity index is 1.52. The Hall–Kier alpha value is -3.96. The van der Waals surface area contributed by atoms with E-state index in [9.17, 15) is 4.79 Å². The number of thiazole rings is 1. The van der Waals surface area contributed by atoms with Gasteiger partial charge in [0.25, 0.3) is 5.91 Å². The molecule has 0 atom stereocenters. The Morgan fingerprint density at radius 3 is 2.32 bits per heavy atom. The summed E-state index contributed by atoms with van der Waals surface area (Å²) in [5.74, 6) is 1.23. The Kier molecular flexibility index (Phi) is 6.11. The van der Waals surface area contributed by atoms with Crippen LogP contribution in [0.1, 0.15) is 27.0 Å². The lowest BCUT2D eigenvalue weighted by Crippen LogP contribution is -2.30. The van der Waals surface area contributed by atoms with Crippen molar-refractivity contribution in [3.05, 3.63) is 119 Å². The van der Waals surface area contributed by atoms with Crippen LogP contribution < -0.4 is 9.64 Å². The standard InChI is InChI=1S/C29H24N2O2S/c1-20-16-17-26-27(21(20)2)30-29(34-26)31(19-22-10-5-3-6-11-22)28(32)23-12-9-15-25(18-23)33-24-13-7-4-8-14-24/h3-18H,19H2,1-2H3. The van der Waals surface area contributed by atoms with Crippen molar-refractivity contribution in [2.45, 2.75) is 20.4 Å². The number of benzene rings is 4. The zero-order valence-corrected chi connectivity index (χ0v) is 19.9. The fourth-order valence-electron chi connectivity index (χ4n) is 3.80. The van der Waals surface area contributed by atoms with Crippen molar-refractivity contribution in [2.24, 2.45) is 0 Å². The smallest absolute Gasteiger partial charge is 0.260 e. The van der Waals surface area contributed by atoms with E-state index in [0.717, 1.165) is 27.1 Å². The molecule has 0 aliphatic rings. The summed E-state index contributed by atoms with van der Waals surface area (Å²) in [5, 5.41) is 0.687. The largest absolute Gasteiger partial charge is 0.457 e. The fourth-order valence-corrected chi connectivity index (χ4v) is 4.82. The van der Waals surface area contributed by atoms with Crippen molar-refractivity contribution >= 4 is 32.6 Å². The zero-order valence-electron chi connectivity index (χ0n) is 19.1. The second-order valence-electron chi connectivity index (χ2n) is 8.17. The van der Waals surface area contributed by atoms with Crippen LogP contribution >= 0.6 is 11.3 Å². The van der Waals surface area contributed by atoms with Gasteiger partial charge in [-0.1, -0.05) is 72.0 Å². The first-order chi connectivity index (χ1) is 16.6. The van der Waals surface area contributed by atoms with Gasteiger partial charge in [0.1, 0.15) is 11.5 Å². The number of nitrogens with zero attached hydrogens (tertiary/aromatic N) is 2. The van der Waals surface area contributed by atoms with Crippen molar-refractivity contribution in [1.29, 1.82) is 0 Å². The summed E-state index contributed by atoms with van der Waals surface area (Å²) in [5.41, 5.74) is 4.88. The highest BCUT2D eigenvalue weighted by atomic mass is 32.1. The lowest BCUT2D eigenvalue weighted by atomic mass is 10.1. The molecule has 4 aromatic carbocycles. The van der Waals surface area contributed by atoms with Crippen LogP contribution in [-0.2, 0) is 6.54 Å². The van der Waals surface area contributed by atoms with E-state index in [2.05, 4.69) is 26.0 Å². The minimum Gasteiger partial charge on any atom is -0.457 e. The minimum absolute atomic E-state index is 0.115. The maximum absolute atomic E-state index is 13.8. The fraction of sp³-hybridized carbons (Fsp3) is 0.103. The van der Waals surface area contributed by atoms with Crippen LogP contribution in [0.4, 0.5) is 5.13 Å². The predicted octanol–water partition coefficient (Wildman–Crippen LogP) is 7.55. The van der Waals surface area contributed by atoms with Crippen molar-refractivity contribution in [1.82, 2.24) is 4.98 Å². The van der Waals surface area contributed by atoms with Crippen LogP contribution in [0.25, 0.3) is 10.2 Å². The van der Waals surface area contributed by atoms with Gasteiger partial charge < -0.3 is 4.74 Å². The summed E-state index contributed by atoms with van der Waals surface area (Å²) in [7, 11) is 0. The van der Waals surface area contributed by atoms with Gasteiger partial charge in [-0.25, -0.2) is 4.98 Å². The molecule has 1 amide bonds. The van der Waals surface area contributed by atoms with Gasteiger partial charge in [0.15, 0.2) is 5.13 Å². The van der Waals surface area contributed by atoms with E-state index in [1.807, 2.05) is 78.9 Å². The molecule has 34 heavy (non-hydrogen) atoms. The summed E-state index contributed by atoms with van der Waals surface area (Å²) >= 11 is 1.54. The molecule has 4 nitrogen and oxygen atoms in total. The Morgan fingerprint density at radius 2 is 1.56 bits per heavy atom. The lowest BCUT2D eigenvalue weighted by molar-refractivity contribution is 0.0985. The summed E-state index contributed by atoms with van der Waals surface area (Å²) in [6.45, 7) is 4.59. The van der Waals surface area contributed by atoms with Crippen LogP contribution in [0.15, 0.2) is 97.1 Å². The molecule has 0 bridgehead atoms. The number of anilines is 1. The second-order valence-corrected chi connectivity index (χ2v) is 9.18. The van der Waals surface area contributed by atoms with Crippen molar-refractivity contribution in [3.63, 3.8) is 0 Å². The molecule has 5 heteroatoms. The highest BCUT2D eigenvalue weighted by Crippen LogP contribution is 2.34. The number of aromatic nitrogens is 1. The molecule has 0 saturated heterocycles. The first-order valence-electron chi connectivity index (χ1n) is 11.1. The highest BCUT2D eigenvalue weighted by molar-refractivity contribution is 7.22. The number of rotatable bonds is 6. The maximum Gasteiger partial charge on any atom is 0.260 e. The van der Waals surface area contributed by atoms with E-state index >= 15 is 0 Å². The molecule has 5 aromatic rings. The van der Waals surface area contributed by atoms with Gasteiger partial charge in [0.05, 0.1) is 16.8 Å². The number of hydrogen-bond donors (Lipinski definition) is 0. The Labute approximate surface area is 203 Å². The topological polar surface area (TPSA) is 42.4 Å². The molecular formula is C29H24N2O2S. The van der Waals surface area contributed by atoms with Gasteiger partial charge in [-0.15, -0.1) is 0 Å². The van der Waals surface area contributed by atoms with E-state index < -0.39 is 0 Å². The second kappa shape index (κ2) is 9.49. The number of aryl methyl sites for hydroxylation is 2. The minimum atomic E-state index is -0.115. The van der Waals surface area contributed by atoms with Crippen molar-refractivity contribution < 1.29 is 9.53 Å². The number of carbonyl (C=O) groups is 1. The molecule has 0 saturated carbocycles. The van der Waals surface area contributed by atoms with Crippen molar-refractivity contribution in [3.8, 4) is 11.5 Å². The normalized spacial score (nSPS) is 10.9. The van der Waals surface area contributed by atoms with Crippen LogP contribution in [0, 0.1) is 13.8 Å². The number of hydrogen-bond acceptors (Lipinski definition) is 4. The van der Waals surface area contributed by atoms with E-state index in [4.69, 9.17) is 9.72 Å². The number of amides is 1. The molecule has 0 aliphatic heterocycles. The molecule has 5 rings (SSSR count). The number of fused-ring (bicyclic) bond motifs is 1. The average molecular weight is 465 g/mol. The molecule has 0 radical (unpaired) electrons. The quantitative estimate of drug-likeness (QED) is 0.260. The highest BCUT2D eigenvalue weighted by Gasteiger charge is 2.23. The molecule has 0 N–H and O–H groups in total. The molecule has 0 unspecified atom stereocenters. The summed E-state index contributed by atoms with van der Waals surface area (Å²) < 4.78 is 7.04. The molecule has 1 aromatic heterocycles. The van der Waals surface area contributed by atoms with Gasteiger partial charge >= 0.3 is 0 Å². The lowest BCUT2D eigenvalue weighted by Gasteiger charge is -2.20. The number of para-hydroxylation sites is 1. The monoisotopic (exact) mass is 464 g/mol. The summed E-state index contributed by atoms with van der Waals surface area (Å²) in [6.07, 6.45) is 0. The summed E-state index contributed by atoms with van der Waals surface area (Å²) in [6, 6.07) is 31.1. The molecule has 0 fully saturated rings. The van der Waals surface area contributed by atoms with Gasteiger partial charge in [-0.2, -0.15) is 0 Å². The van der Waals surface area contributed by atoms with Crippen LogP contribution in [-0.4, -0.2) is 10.9 Å². The molecular weight excluding hydrogens is 440 g/mol. The summed E-state index contributed by atoms with van der Waals surface area (Å²) in [4.78, 5) is 20.5. The van der Waals surface area contributed by atoms with E-state index in [1.54, 1.807) is 22.3 Å². The first-order valence-corrected chi connectivity index (χ1v) is 12.0. The van der Waals surface area contributed by atoms with Crippen LogP contribution in [0.3, 0.4) is 0 Å². The molecule has 0 aliphatic carbocycles. The third-order valence-corrected chi connectivity index (χ3v) is 6.84. The third kappa shape index (κ3) is 4.56. The van der Waals surface area contributed by atoms with Gasteiger partial charge in [0.2, 0.25) is 0 Å². The predicted molar refractivity (Wildman–Crippen MR) is 139 cm³/mol. The SMILES string of the molecule is Cc1ccc2sc(N(Cc3ccccc3)C(=O)c3cccc(Oc4ccccc4)c3)nc2c1C. The Bertz CT molecular complexity index is 1450. The Morgan fingerprint density at radius 1 is 0.853 bits per heavy atom. The van der Waals surface area contributed by atoms with E-state index in [0.29, 0.717) is 23.0 Å².